The Labute approximate surface area is 203 Å². The Morgan fingerprint density at radius 3 is 2.41 bits per heavy atom. The average Bonchev–Trinajstić information content (AvgIpc) is 3.12. The minimum atomic E-state index is -0.461. The molecule has 158 valence electrons. The molecule has 0 saturated heterocycles. The third-order valence-electron chi connectivity index (χ3n) is 5.11. The second kappa shape index (κ2) is 9.56. The number of nitrogens with zero attached hydrogens (tertiary/aromatic N) is 2. The molecule has 4 nitrogen and oxygen atoms in total. The molecule has 0 unspecified atom stereocenters. The van der Waals surface area contributed by atoms with Crippen molar-refractivity contribution in [2.24, 2.45) is 0 Å². The van der Waals surface area contributed by atoms with Gasteiger partial charge in [0.2, 0.25) is 0 Å². The molecule has 3 aromatic carbocycles. The number of benzene rings is 3. The van der Waals surface area contributed by atoms with Crippen LogP contribution < -0.4 is 5.32 Å². The summed E-state index contributed by atoms with van der Waals surface area (Å²) in [6.45, 7) is 2.67. The fourth-order valence-corrected chi connectivity index (χ4v) is 5.22. The lowest BCUT2D eigenvalue weighted by atomic mass is 10.1. The van der Waals surface area contributed by atoms with Crippen molar-refractivity contribution in [3.63, 3.8) is 0 Å². The Hall–Kier alpha value is -3.14. The third kappa shape index (κ3) is 4.69. The van der Waals surface area contributed by atoms with Crippen LogP contribution in [0.15, 0.2) is 87.4 Å². The van der Waals surface area contributed by atoms with E-state index in [-0.39, 0.29) is 5.57 Å². The van der Waals surface area contributed by atoms with Crippen LogP contribution in [-0.4, -0.2) is 10.5 Å². The number of carbonyl (C=O) groups excluding carboxylic acids is 1. The lowest BCUT2D eigenvalue weighted by Crippen LogP contribution is -2.14. The number of carbonyl (C=O) groups is 1. The quantitative estimate of drug-likeness (QED) is 0.214. The van der Waals surface area contributed by atoms with Gasteiger partial charge in [-0.2, -0.15) is 5.26 Å². The van der Waals surface area contributed by atoms with E-state index in [1.54, 1.807) is 6.08 Å². The van der Waals surface area contributed by atoms with Gasteiger partial charge < -0.3 is 9.88 Å². The van der Waals surface area contributed by atoms with Gasteiger partial charge in [-0.1, -0.05) is 48.5 Å². The number of nitriles is 1. The first-order chi connectivity index (χ1) is 15.5. The molecule has 0 fully saturated rings. The van der Waals surface area contributed by atoms with Crippen molar-refractivity contribution in [3.8, 4) is 6.07 Å². The fraction of sp³-hybridized carbons (Fsp3) is 0.0769. The maximum absolute atomic E-state index is 12.9. The standard InChI is InChI=1S/C26H19Br2N3O/c1-17-11-22(27)25(23(28)12-17)30-26(32)19(14-29)13-20-16-31(15-18-7-3-2-4-8-18)24-10-6-5-9-21(20)24/h2-13,16H,15H2,1H3,(H,30,32)/b19-13+. The Morgan fingerprint density at radius 1 is 1.06 bits per heavy atom. The number of aryl methyl sites for hydroxylation is 1. The van der Waals surface area contributed by atoms with Gasteiger partial charge in [-0.3, -0.25) is 4.79 Å². The van der Waals surface area contributed by atoms with Gasteiger partial charge in [0.25, 0.3) is 5.91 Å². The second-order valence-corrected chi connectivity index (χ2v) is 9.15. The minimum Gasteiger partial charge on any atom is -0.342 e. The number of aromatic nitrogens is 1. The first-order valence-corrected chi connectivity index (χ1v) is 11.6. The molecule has 0 saturated carbocycles. The number of anilines is 1. The van der Waals surface area contributed by atoms with E-state index in [4.69, 9.17) is 0 Å². The van der Waals surface area contributed by atoms with E-state index in [2.05, 4.69) is 59.9 Å². The number of rotatable bonds is 5. The monoisotopic (exact) mass is 547 g/mol. The second-order valence-electron chi connectivity index (χ2n) is 7.44. The molecule has 0 radical (unpaired) electrons. The summed E-state index contributed by atoms with van der Waals surface area (Å²) in [7, 11) is 0. The van der Waals surface area contributed by atoms with Gasteiger partial charge in [0.15, 0.2) is 0 Å². The van der Waals surface area contributed by atoms with E-state index >= 15 is 0 Å². The molecule has 1 heterocycles. The molecular weight excluding hydrogens is 530 g/mol. The summed E-state index contributed by atoms with van der Waals surface area (Å²) in [6.07, 6.45) is 3.63. The van der Waals surface area contributed by atoms with E-state index in [9.17, 15) is 10.1 Å². The molecule has 0 aliphatic heterocycles. The molecule has 6 heteroatoms. The number of hydrogen-bond donors (Lipinski definition) is 1. The van der Waals surface area contributed by atoms with Crippen molar-refractivity contribution < 1.29 is 4.79 Å². The molecule has 4 aromatic rings. The predicted octanol–water partition coefficient (Wildman–Crippen LogP) is 7.07. The largest absolute Gasteiger partial charge is 0.342 e. The first kappa shape index (κ1) is 22.1. The molecule has 1 amide bonds. The minimum absolute atomic E-state index is 0.0342. The van der Waals surface area contributed by atoms with Gasteiger partial charge in [0, 0.05) is 38.2 Å². The van der Waals surface area contributed by atoms with Crippen molar-refractivity contribution in [1.29, 1.82) is 5.26 Å². The van der Waals surface area contributed by atoms with Crippen molar-refractivity contribution >= 4 is 60.4 Å². The highest BCUT2D eigenvalue weighted by molar-refractivity contribution is 9.11. The topological polar surface area (TPSA) is 57.8 Å². The van der Waals surface area contributed by atoms with Gasteiger partial charge >= 0.3 is 0 Å². The molecule has 1 N–H and O–H groups in total. The lowest BCUT2D eigenvalue weighted by Gasteiger charge is -2.10. The van der Waals surface area contributed by atoms with Crippen LogP contribution in [-0.2, 0) is 11.3 Å². The van der Waals surface area contributed by atoms with Crippen LogP contribution in [0, 0.1) is 18.3 Å². The number of halogens is 2. The Bertz CT molecular complexity index is 1360. The number of nitrogens with one attached hydrogen (secondary N) is 1. The average molecular weight is 549 g/mol. The lowest BCUT2D eigenvalue weighted by molar-refractivity contribution is -0.112. The SMILES string of the molecule is Cc1cc(Br)c(NC(=O)/C(C#N)=C/c2cn(Cc3ccccc3)c3ccccc23)c(Br)c1. The van der Waals surface area contributed by atoms with E-state index in [1.165, 1.54) is 5.56 Å². The molecule has 0 atom stereocenters. The Morgan fingerprint density at radius 2 is 1.72 bits per heavy atom. The van der Waals surface area contributed by atoms with Gasteiger partial charge in [-0.25, -0.2) is 0 Å². The van der Waals surface area contributed by atoms with Crippen molar-refractivity contribution in [3.05, 3.63) is 104 Å². The van der Waals surface area contributed by atoms with Crippen LogP contribution in [0.2, 0.25) is 0 Å². The Balaban J connectivity index is 1.69. The zero-order chi connectivity index (χ0) is 22.7. The molecular formula is C26H19Br2N3O. The number of amides is 1. The van der Waals surface area contributed by atoms with Crippen LogP contribution in [0.3, 0.4) is 0 Å². The summed E-state index contributed by atoms with van der Waals surface area (Å²) in [5.41, 5.74) is 4.72. The fourth-order valence-electron chi connectivity index (χ4n) is 3.61. The smallest absolute Gasteiger partial charge is 0.266 e. The highest BCUT2D eigenvalue weighted by atomic mass is 79.9. The van der Waals surface area contributed by atoms with Crippen LogP contribution in [0.25, 0.3) is 17.0 Å². The zero-order valence-electron chi connectivity index (χ0n) is 17.3. The summed E-state index contributed by atoms with van der Waals surface area (Å²) in [5.74, 6) is -0.461. The molecule has 0 spiro atoms. The number of para-hydroxylation sites is 1. The first-order valence-electron chi connectivity index (χ1n) is 9.97. The summed E-state index contributed by atoms with van der Waals surface area (Å²) < 4.78 is 3.63. The van der Waals surface area contributed by atoms with Gasteiger partial charge in [-0.15, -0.1) is 0 Å². The van der Waals surface area contributed by atoms with Crippen molar-refractivity contribution in [1.82, 2.24) is 4.57 Å². The number of fused-ring (bicyclic) bond motifs is 1. The maximum atomic E-state index is 12.9. The molecule has 0 aliphatic rings. The van der Waals surface area contributed by atoms with Crippen LogP contribution in [0.4, 0.5) is 5.69 Å². The van der Waals surface area contributed by atoms with Gasteiger partial charge in [0.05, 0.1) is 5.69 Å². The number of hydrogen-bond acceptors (Lipinski definition) is 2. The van der Waals surface area contributed by atoms with E-state index in [0.717, 1.165) is 31.0 Å². The Kier molecular flexibility index (Phi) is 6.59. The van der Waals surface area contributed by atoms with Gasteiger partial charge in [0.1, 0.15) is 11.6 Å². The summed E-state index contributed by atoms with van der Waals surface area (Å²) in [5, 5.41) is 13.6. The van der Waals surface area contributed by atoms with Crippen molar-refractivity contribution in [2.45, 2.75) is 13.5 Å². The van der Waals surface area contributed by atoms with E-state index in [1.807, 2.05) is 67.7 Å². The van der Waals surface area contributed by atoms with Crippen LogP contribution in [0.5, 0.6) is 0 Å². The highest BCUT2D eigenvalue weighted by Gasteiger charge is 2.16. The summed E-state index contributed by atoms with van der Waals surface area (Å²) in [6, 6.07) is 24.0. The van der Waals surface area contributed by atoms with Crippen molar-refractivity contribution in [2.75, 3.05) is 5.32 Å². The highest BCUT2D eigenvalue weighted by Crippen LogP contribution is 2.33. The van der Waals surface area contributed by atoms with Gasteiger partial charge in [-0.05, 0) is 74.2 Å². The molecule has 0 aliphatic carbocycles. The molecule has 0 bridgehead atoms. The van der Waals surface area contributed by atoms with Crippen LogP contribution in [0.1, 0.15) is 16.7 Å². The summed E-state index contributed by atoms with van der Waals surface area (Å²) >= 11 is 6.96. The van der Waals surface area contributed by atoms with E-state index in [0.29, 0.717) is 12.2 Å². The van der Waals surface area contributed by atoms with Crippen LogP contribution >= 0.6 is 31.9 Å². The predicted molar refractivity (Wildman–Crippen MR) is 136 cm³/mol. The molecule has 1 aromatic heterocycles. The maximum Gasteiger partial charge on any atom is 0.266 e. The molecule has 4 rings (SSSR count). The molecule has 32 heavy (non-hydrogen) atoms. The summed E-state index contributed by atoms with van der Waals surface area (Å²) in [4.78, 5) is 12.9. The van der Waals surface area contributed by atoms with E-state index < -0.39 is 5.91 Å². The third-order valence-corrected chi connectivity index (χ3v) is 6.36. The normalized spacial score (nSPS) is 11.4. The zero-order valence-corrected chi connectivity index (χ0v) is 20.4.